The highest BCUT2D eigenvalue weighted by molar-refractivity contribution is 5.96. The maximum atomic E-state index is 15.2. The Morgan fingerprint density at radius 2 is 1.60 bits per heavy atom. The van der Waals surface area contributed by atoms with Crippen LogP contribution in [0, 0.1) is 17.6 Å². The molecule has 1 unspecified atom stereocenters. The molecule has 0 bridgehead atoms. The Morgan fingerprint density at radius 3 is 2.15 bits per heavy atom. The van der Waals surface area contributed by atoms with Gasteiger partial charge in [-0.15, -0.1) is 0 Å². The fourth-order valence-electron chi connectivity index (χ4n) is 5.63. The number of aromatic nitrogens is 2. The fraction of sp³-hybridized carbons (Fsp3) is 0.400. The van der Waals surface area contributed by atoms with Crippen molar-refractivity contribution in [2.75, 3.05) is 13.2 Å². The Labute approximate surface area is 230 Å². The molecule has 0 spiro atoms. The summed E-state index contributed by atoms with van der Waals surface area (Å²) in [5.41, 5.74) is 1.26. The third-order valence-corrected chi connectivity index (χ3v) is 7.46. The Bertz CT molecular complexity index is 1480. The van der Waals surface area contributed by atoms with Gasteiger partial charge in [0.05, 0.1) is 18.8 Å². The quantitative estimate of drug-likeness (QED) is 0.413. The first-order valence-corrected chi connectivity index (χ1v) is 13.4. The number of rotatable bonds is 5. The zero-order valence-corrected chi connectivity index (χ0v) is 22.8. The van der Waals surface area contributed by atoms with Crippen molar-refractivity contribution in [3.8, 4) is 5.75 Å². The molecule has 0 saturated heterocycles. The maximum Gasteiger partial charge on any atom is 0.514 e. The number of ether oxygens (including phenoxy) is 2. The Kier molecular flexibility index (Phi) is 7.44. The lowest BCUT2D eigenvalue weighted by molar-refractivity contribution is 0.0560. The molecule has 3 aromatic rings. The first kappa shape index (κ1) is 27.5. The van der Waals surface area contributed by atoms with Gasteiger partial charge in [0.2, 0.25) is 11.2 Å². The van der Waals surface area contributed by atoms with E-state index in [1.807, 2.05) is 39.8 Å². The number of carbonyl (C=O) groups is 2. The summed E-state index contributed by atoms with van der Waals surface area (Å²) in [5.74, 6) is -2.42. The fourth-order valence-corrected chi connectivity index (χ4v) is 5.63. The molecule has 8 nitrogen and oxygen atoms in total. The molecular weight excluding hydrogens is 520 g/mol. The van der Waals surface area contributed by atoms with Crippen molar-refractivity contribution >= 4 is 12.1 Å². The Hall–Kier alpha value is -4.08. The molecule has 0 saturated carbocycles. The summed E-state index contributed by atoms with van der Waals surface area (Å²) < 4.78 is 42.2. The molecule has 2 aromatic carbocycles. The van der Waals surface area contributed by atoms with Crippen LogP contribution < -0.4 is 10.2 Å². The van der Waals surface area contributed by atoms with Gasteiger partial charge in [-0.2, -0.15) is 5.10 Å². The highest BCUT2D eigenvalue weighted by Gasteiger charge is 2.43. The monoisotopic (exact) mass is 551 g/mol. The van der Waals surface area contributed by atoms with E-state index in [-0.39, 0.29) is 30.8 Å². The lowest BCUT2D eigenvalue weighted by Gasteiger charge is -2.41. The third kappa shape index (κ3) is 4.87. The van der Waals surface area contributed by atoms with Gasteiger partial charge in [-0.05, 0) is 67.0 Å². The van der Waals surface area contributed by atoms with Crippen LogP contribution in [0.1, 0.15) is 72.4 Å². The van der Waals surface area contributed by atoms with Gasteiger partial charge in [-0.1, -0.05) is 38.1 Å². The zero-order chi connectivity index (χ0) is 28.7. The summed E-state index contributed by atoms with van der Waals surface area (Å²) in [7, 11) is 0. The molecule has 210 valence electrons. The number of benzene rings is 2. The Balaban J connectivity index is 1.73. The standard InChI is InChI=1S/C30H31F2N3O5/c1-16(2)15-39-30(38)40-28-25(36)13-33-35-24(14-34(17(3)4)29(37)27(28)35)26-20-7-5-9-22(31)18(20)11-12-19-21(26)8-6-10-23(19)32/h5-10,13,16-17,24,26H,11-12,14-15H2,1-4H3. The summed E-state index contributed by atoms with van der Waals surface area (Å²) >= 11 is 0. The van der Waals surface area contributed by atoms with Crippen molar-refractivity contribution in [2.24, 2.45) is 5.92 Å². The van der Waals surface area contributed by atoms with Crippen LogP contribution in [0.15, 0.2) is 47.4 Å². The van der Waals surface area contributed by atoms with Crippen molar-refractivity contribution < 1.29 is 27.8 Å². The van der Waals surface area contributed by atoms with Crippen molar-refractivity contribution in [2.45, 2.75) is 58.5 Å². The predicted molar refractivity (Wildman–Crippen MR) is 143 cm³/mol. The predicted octanol–water partition coefficient (Wildman–Crippen LogP) is 5.03. The van der Waals surface area contributed by atoms with Crippen LogP contribution in [0.3, 0.4) is 0 Å². The minimum atomic E-state index is -1.11. The van der Waals surface area contributed by atoms with Gasteiger partial charge in [0.15, 0.2) is 5.69 Å². The van der Waals surface area contributed by atoms with Gasteiger partial charge >= 0.3 is 6.16 Å². The van der Waals surface area contributed by atoms with E-state index in [9.17, 15) is 14.4 Å². The number of carbonyl (C=O) groups excluding carboxylic acids is 2. The molecule has 10 heteroatoms. The van der Waals surface area contributed by atoms with Crippen LogP contribution in [0.5, 0.6) is 5.75 Å². The van der Waals surface area contributed by atoms with E-state index in [4.69, 9.17) is 9.47 Å². The molecule has 1 amide bonds. The van der Waals surface area contributed by atoms with Gasteiger partial charge in [-0.3, -0.25) is 14.3 Å². The van der Waals surface area contributed by atoms with Gasteiger partial charge in [-0.25, -0.2) is 13.6 Å². The summed E-state index contributed by atoms with van der Waals surface area (Å²) in [6.07, 6.45) is 0.467. The zero-order valence-electron chi connectivity index (χ0n) is 22.8. The molecule has 0 radical (unpaired) electrons. The van der Waals surface area contributed by atoms with Crippen molar-refractivity contribution in [1.29, 1.82) is 0 Å². The summed E-state index contributed by atoms with van der Waals surface area (Å²) in [5, 5.41) is 4.32. The number of amides is 1. The lowest BCUT2D eigenvalue weighted by atomic mass is 9.81. The van der Waals surface area contributed by atoms with Crippen LogP contribution in [0.4, 0.5) is 13.6 Å². The van der Waals surface area contributed by atoms with Gasteiger partial charge in [0, 0.05) is 18.5 Å². The van der Waals surface area contributed by atoms with Gasteiger partial charge in [0.1, 0.15) is 11.6 Å². The number of hydrogen-bond donors (Lipinski definition) is 0. The molecule has 1 aliphatic heterocycles. The highest BCUT2D eigenvalue weighted by Crippen LogP contribution is 2.45. The van der Waals surface area contributed by atoms with Crippen LogP contribution >= 0.6 is 0 Å². The van der Waals surface area contributed by atoms with Crippen LogP contribution in [0.25, 0.3) is 0 Å². The summed E-state index contributed by atoms with van der Waals surface area (Å²) in [4.78, 5) is 40.7. The van der Waals surface area contributed by atoms with Crippen molar-refractivity contribution in [1.82, 2.24) is 14.7 Å². The van der Waals surface area contributed by atoms with E-state index < -0.39 is 46.8 Å². The van der Waals surface area contributed by atoms with Crippen molar-refractivity contribution in [3.05, 3.63) is 92.4 Å². The van der Waals surface area contributed by atoms with Crippen LogP contribution in [-0.2, 0) is 17.6 Å². The van der Waals surface area contributed by atoms with Crippen molar-refractivity contribution in [3.63, 3.8) is 0 Å². The molecule has 1 atom stereocenters. The van der Waals surface area contributed by atoms with Gasteiger partial charge < -0.3 is 14.4 Å². The average molecular weight is 552 g/mol. The van der Waals surface area contributed by atoms with E-state index in [1.165, 1.54) is 16.8 Å². The molecule has 5 rings (SSSR count). The Morgan fingerprint density at radius 1 is 1.00 bits per heavy atom. The van der Waals surface area contributed by atoms with E-state index in [0.717, 1.165) is 6.20 Å². The topological polar surface area (TPSA) is 90.7 Å². The summed E-state index contributed by atoms with van der Waals surface area (Å²) in [6, 6.07) is 8.62. The average Bonchev–Trinajstić information content (AvgIpc) is 3.07. The molecule has 1 aromatic heterocycles. The normalized spacial score (nSPS) is 16.9. The van der Waals surface area contributed by atoms with E-state index in [2.05, 4.69) is 5.10 Å². The molecule has 40 heavy (non-hydrogen) atoms. The van der Waals surface area contributed by atoms with Crippen LogP contribution in [-0.4, -0.2) is 45.9 Å². The van der Waals surface area contributed by atoms with E-state index >= 15 is 8.78 Å². The van der Waals surface area contributed by atoms with E-state index in [1.54, 1.807) is 17.0 Å². The molecule has 0 fully saturated rings. The number of nitrogens with zero attached hydrogens (tertiary/aromatic N) is 3. The minimum absolute atomic E-state index is 0.0265. The first-order valence-electron chi connectivity index (χ1n) is 13.4. The number of fused-ring (bicyclic) bond motifs is 3. The SMILES string of the molecule is CC(C)COC(=O)Oc1c2n(ncc1=O)C(C1c3cccc(F)c3CCc3c(F)cccc31)CN(C(C)C)C2=O. The molecule has 1 aliphatic carbocycles. The first-order chi connectivity index (χ1) is 19.1. The largest absolute Gasteiger partial charge is 0.514 e. The highest BCUT2D eigenvalue weighted by atomic mass is 19.1. The lowest BCUT2D eigenvalue weighted by Crippen LogP contribution is -2.50. The molecule has 2 heterocycles. The minimum Gasteiger partial charge on any atom is -0.434 e. The second-order valence-electron chi connectivity index (χ2n) is 10.9. The van der Waals surface area contributed by atoms with Crippen LogP contribution in [0.2, 0.25) is 0 Å². The third-order valence-electron chi connectivity index (χ3n) is 7.46. The molecular formula is C30H31F2N3O5. The second-order valence-corrected chi connectivity index (χ2v) is 10.9. The molecule has 2 aliphatic rings. The summed E-state index contributed by atoms with van der Waals surface area (Å²) in [6.45, 7) is 7.55. The van der Waals surface area contributed by atoms with E-state index in [0.29, 0.717) is 35.1 Å². The van der Waals surface area contributed by atoms with Gasteiger partial charge in [0.25, 0.3) is 5.91 Å². The molecule has 0 N–H and O–H groups in total. The number of hydrogen-bond acceptors (Lipinski definition) is 6. The maximum absolute atomic E-state index is 15.2. The number of halogens is 2. The smallest absolute Gasteiger partial charge is 0.434 e. The second kappa shape index (κ2) is 10.8.